The Hall–Kier alpha value is -2.20. The van der Waals surface area contributed by atoms with Gasteiger partial charge in [0, 0.05) is 36.1 Å². The van der Waals surface area contributed by atoms with Gasteiger partial charge in [-0.1, -0.05) is 35.0 Å². The smallest absolute Gasteiger partial charge is 0.276 e. The van der Waals surface area contributed by atoms with Gasteiger partial charge >= 0.3 is 0 Å². The Morgan fingerprint density at radius 2 is 2.06 bits per heavy atom. The van der Waals surface area contributed by atoms with Crippen molar-refractivity contribution in [3.63, 3.8) is 0 Å². The maximum absolute atomic E-state index is 6.17. The van der Waals surface area contributed by atoms with Crippen molar-refractivity contribution in [2.45, 2.75) is 31.6 Å². The van der Waals surface area contributed by atoms with Gasteiger partial charge in [-0.05, 0) is 49.6 Å². The summed E-state index contributed by atoms with van der Waals surface area (Å²) in [6.45, 7) is 4.23. The van der Waals surface area contributed by atoms with Crippen LogP contribution in [0.4, 0.5) is 0 Å². The number of hydrogen-bond donors (Lipinski definition) is 2. The van der Waals surface area contributed by atoms with Crippen molar-refractivity contribution < 1.29 is 4.52 Å². The lowest BCUT2D eigenvalue weighted by molar-refractivity contribution is 0.421. The van der Waals surface area contributed by atoms with Crippen molar-refractivity contribution >= 4 is 41.5 Å². The summed E-state index contributed by atoms with van der Waals surface area (Å²) in [5, 5.41) is 11.5. The molecule has 2 aromatic heterocycles. The molecule has 1 aromatic carbocycles. The number of aliphatic imine (C=N–C) groups is 1. The zero-order valence-electron chi connectivity index (χ0n) is 17.3. The fourth-order valence-corrected chi connectivity index (χ4v) is 3.51. The van der Waals surface area contributed by atoms with Gasteiger partial charge in [0.15, 0.2) is 11.8 Å². The van der Waals surface area contributed by atoms with E-state index in [0.29, 0.717) is 30.4 Å². The summed E-state index contributed by atoms with van der Waals surface area (Å²) in [4.78, 5) is 13.5. The standard InChI is InChI=1S/C22H25ClN6O.HI/c1-2-24-21(27-15-22(10-11-22)16-6-5-7-17(23)14-16)26-13-9-19-28-20(30-29-19)18-8-3-4-12-25-18;/h3-8,12,14H,2,9-11,13,15H2,1H3,(H2,24,26,27);1H. The van der Waals surface area contributed by atoms with E-state index in [4.69, 9.17) is 21.1 Å². The van der Waals surface area contributed by atoms with Crippen LogP contribution in [0.1, 0.15) is 31.2 Å². The molecular formula is C22H26ClIN6O. The highest BCUT2D eigenvalue weighted by Gasteiger charge is 2.44. The highest BCUT2D eigenvalue weighted by Crippen LogP contribution is 2.48. The number of aromatic nitrogens is 3. The first-order valence-corrected chi connectivity index (χ1v) is 10.6. The molecule has 1 aliphatic carbocycles. The van der Waals surface area contributed by atoms with Crippen LogP contribution in [0.3, 0.4) is 0 Å². The van der Waals surface area contributed by atoms with Gasteiger partial charge in [-0.3, -0.25) is 9.98 Å². The largest absolute Gasteiger partial charge is 0.357 e. The predicted octanol–water partition coefficient (Wildman–Crippen LogP) is 4.23. The minimum absolute atomic E-state index is 0. The fraction of sp³-hybridized carbons (Fsp3) is 0.364. The van der Waals surface area contributed by atoms with Gasteiger partial charge in [-0.25, -0.2) is 0 Å². The fourth-order valence-electron chi connectivity index (χ4n) is 3.32. The maximum Gasteiger partial charge on any atom is 0.276 e. The van der Waals surface area contributed by atoms with Crippen molar-refractivity contribution in [1.29, 1.82) is 0 Å². The number of halogens is 2. The van der Waals surface area contributed by atoms with E-state index >= 15 is 0 Å². The monoisotopic (exact) mass is 552 g/mol. The summed E-state index contributed by atoms with van der Waals surface area (Å²) < 4.78 is 5.31. The van der Waals surface area contributed by atoms with Gasteiger partial charge in [0.05, 0.1) is 6.54 Å². The first kappa shape index (κ1) is 23.5. The molecule has 0 saturated heterocycles. The van der Waals surface area contributed by atoms with Crippen molar-refractivity contribution in [3.8, 4) is 11.6 Å². The molecule has 1 fully saturated rings. The van der Waals surface area contributed by atoms with E-state index in [2.05, 4.69) is 44.8 Å². The summed E-state index contributed by atoms with van der Waals surface area (Å²) in [6, 6.07) is 13.7. The van der Waals surface area contributed by atoms with E-state index in [1.165, 1.54) is 5.56 Å². The summed E-state index contributed by atoms with van der Waals surface area (Å²) in [7, 11) is 0. The molecule has 1 aliphatic rings. The quantitative estimate of drug-likeness (QED) is 0.247. The minimum Gasteiger partial charge on any atom is -0.357 e. The van der Waals surface area contributed by atoms with Crippen LogP contribution in [0.15, 0.2) is 58.2 Å². The number of rotatable bonds is 8. The highest BCUT2D eigenvalue weighted by atomic mass is 127. The second-order valence-corrected chi connectivity index (χ2v) is 7.83. The molecule has 31 heavy (non-hydrogen) atoms. The SMILES string of the molecule is CCNC(=NCC1(c2cccc(Cl)c2)CC1)NCCc1noc(-c2ccccn2)n1.I. The number of hydrogen-bond acceptors (Lipinski definition) is 5. The van der Waals surface area contributed by atoms with Crippen LogP contribution >= 0.6 is 35.6 Å². The molecule has 7 nitrogen and oxygen atoms in total. The first-order valence-electron chi connectivity index (χ1n) is 10.2. The Bertz CT molecular complexity index is 1010. The number of pyridine rings is 1. The van der Waals surface area contributed by atoms with Gasteiger partial charge < -0.3 is 15.2 Å². The number of guanidine groups is 1. The molecule has 2 heterocycles. The summed E-state index contributed by atoms with van der Waals surface area (Å²) in [5.41, 5.74) is 2.05. The molecule has 164 valence electrons. The third-order valence-corrected chi connectivity index (χ3v) is 5.40. The Balaban J connectivity index is 0.00000272. The summed E-state index contributed by atoms with van der Waals surface area (Å²) >= 11 is 6.17. The Kier molecular flexibility index (Phi) is 8.25. The molecule has 1 saturated carbocycles. The molecule has 4 rings (SSSR count). The number of benzene rings is 1. The van der Waals surface area contributed by atoms with E-state index in [9.17, 15) is 0 Å². The molecule has 0 bridgehead atoms. The van der Waals surface area contributed by atoms with Gasteiger partial charge in [-0.2, -0.15) is 4.98 Å². The van der Waals surface area contributed by atoms with E-state index in [0.717, 1.165) is 36.9 Å². The number of nitrogens with one attached hydrogen (secondary N) is 2. The first-order chi connectivity index (χ1) is 14.7. The molecule has 0 spiro atoms. The predicted molar refractivity (Wildman–Crippen MR) is 133 cm³/mol. The summed E-state index contributed by atoms with van der Waals surface area (Å²) in [5.74, 6) is 1.86. The third kappa shape index (κ3) is 6.16. The van der Waals surface area contributed by atoms with E-state index < -0.39 is 0 Å². The lowest BCUT2D eigenvalue weighted by atomic mass is 9.96. The van der Waals surface area contributed by atoms with Crippen LogP contribution < -0.4 is 10.6 Å². The Morgan fingerprint density at radius 1 is 1.19 bits per heavy atom. The maximum atomic E-state index is 6.17. The molecule has 0 aliphatic heterocycles. The number of nitrogens with zero attached hydrogens (tertiary/aromatic N) is 4. The Labute approximate surface area is 204 Å². The topological polar surface area (TPSA) is 88.2 Å². The van der Waals surface area contributed by atoms with Crippen LogP contribution in [-0.2, 0) is 11.8 Å². The molecule has 2 N–H and O–H groups in total. The van der Waals surface area contributed by atoms with Crippen LogP contribution in [0.25, 0.3) is 11.6 Å². The molecular weight excluding hydrogens is 527 g/mol. The molecule has 0 unspecified atom stereocenters. The zero-order valence-corrected chi connectivity index (χ0v) is 20.4. The minimum atomic E-state index is 0. The normalized spacial score (nSPS) is 14.6. The highest BCUT2D eigenvalue weighted by molar-refractivity contribution is 14.0. The molecule has 0 amide bonds. The van der Waals surface area contributed by atoms with Crippen molar-refractivity contribution in [2.75, 3.05) is 19.6 Å². The average Bonchev–Trinajstić information content (AvgIpc) is 3.42. The third-order valence-electron chi connectivity index (χ3n) is 5.17. The van der Waals surface area contributed by atoms with Gasteiger partial charge in [-0.15, -0.1) is 24.0 Å². The van der Waals surface area contributed by atoms with E-state index in [1.807, 2.05) is 30.3 Å². The second kappa shape index (κ2) is 10.9. The van der Waals surface area contributed by atoms with Crippen molar-refractivity contribution in [2.24, 2.45) is 4.99 Å². The lowest BCUT2D eigenvalue weighted by Gasteiger charge is -2.16. The van der Waals surface area contributed by atoms with Crippen molar-refractivity contribution in [1.82, 2.24) is 25.8 Å². The van der Waals surface area contributed by atoms with Crippen molar-refractivity contribution in [3.05, 3.63) is 65.1 Å². The molecule has 3 aromatic rings. The van der Waals surface area contributed by atoms with Gasteiger partial charge in [0.2, 0.25) is 0 Å². The summed E-state index contributed by atoms with van der Waals surface area (Å²) in [6.07, 6.45) is 4.60. The Morgan fingerprint density at radius 3 is 2.77 bits per heavy atom. The second-order valence-electron chi connectivity index (χ2n) is 7.39. The lowest BCUT2D eigenvalue weighted by Crippen LogP contribution is -2.39. The molecule has 0 radical (unpaired) electrons. The van der Waals surface area contributed by atoms with E-state index in [1.54, 1.807) is 6.20 Å². The zero-order chi connectivity index (χ0) is 20.8. The van der Waals surface area contributed by atoms with E-state index in [-0.39, 0.29) is 29.4 Å². The van der Waals surface area contributed by atoms with Crippen LogP contribution in [0.5, 0.6) is 0 Å². The van der Waals surface area contributed by atoms with Gasteiger partial charge in [0.1, 0.15) is 5.69 Å². The molecule has 0 atom stereocenters. The van der Waals surface area contributed by atoms with Crippen LogP contribution in [0, 0.1) is 0 Å². The molecule has 9 heteroatoms. The van der Waals surface area contributed by atoms with Crippen LogP contribution in [-0.4, -0.2) is 40.7 Å². The van der Waals surface area contributed by atoms with Gasteiger partial charge in [0.25, 0.3) is 5.89 Å². The average molecular weight is 553 g/mol. The van der Waals surface area contributed by atoms with Crippen LogP contribution in [0.2, 0.25) is 5.02 Å².